The van der Waals surface area contributed by atoms with Crippen LogP contribution in [0, 0.1) is 10.1 Å². The SMILES string of the molecule is CNC(C)c1cccnc1Oc1cc([N+](=O)[O-])ccc1Br. The highest BCUT2D eigenvalue weighted by Crippen LogP contribution is 2.34. The predicted molar refractivity (Wildman–Crippen MR) is 82.6 cm³/mol. The Labute approximate surface area is 130 Å². The molecule has 0 fully saturated rings. The Morgan fingerprint density at radius 1 is 1.43 bits per heavy atom. The second kappa shape index (κ2) is 6.64. The van der Waals surface area contributed by atoms with E-state index in [1.807, 2.05) is 26.1 Å². The van der Waals surface area contributed by atoms with Crippen molar-refractivity contribution in [3.05, 3.63) is 56.7 Å². The molecule has 0 spiro atoms. The third kappa shape index (κ3) is 3.56. The number of benzene rings is 1. The Hall–Kier alpha value is -1.99. The van der Waals surface area contributed by atoms with Crippen LogP contribution in [0.1, 0.15) is 18.5 Å². The number of nitrogens with one attached hydrogen (secondary N) is 1. The van der Waals surface area contributed by atoms with Crippen molar-refractivity contribution < 1.29 is 9.66 Å². The molecule has 2 aromatic rings. The molecule has 0 aliphatic rings. The zero-order valence-corrected chi connectivity index (χ0v) is 13.1. The van der Waals surface area contributed by atoms with Gasteiger partial charge in [-0.3, -0.25) is 10.1 Å². The molecule has 1 heterocycles. The van der Waals surface area contributed by atoms with E-state index in [0.29, 0.717) is 16.1 Å². The molecule has 1 aromatic carbocycles. The van der Waals surface area contributed by atoms with Crippen molar-refractivity contribution in [2.24, 2.45) is 0 Å². The quantitative estimate of drug-likeness (QED) is 0.654. The van der Waals surface area contributed by atoms with Crippen LogP contribution in [0.4, 0.5) is 5.69 Å². The van der Waals surface area contributed by atoms with Gasteiger partial charge in [0.1, 0.15) is 0 Å². The normalized spacial score (nSPS) is 12.0. The molecular formula is C14H14BrN3O3. The van der Waals surface area contributed by atoms with Crippen molar-refractivity contribution in [2.75, 3.05) is 7.05 Å². The van der Waals surface area contributed by atoms with E-state index >= 15 is 0 Å². The van der Waals surface area contributed by atoms with Crippen LogP contribution >= 0.6 is 15.9 Å². The number of nitrogens with zero attached hydrogens (tertiary/aromatic N) is 2. The van der Waals surface area contributed by atoms with E-state index in [0.717, 1.165) is 5.56 Å². The Balaban J connectivity index is 2.38. The Bertz CT molecular complexity index is 664. The number of pyridine rings is 1. The lowest BCUT2D eigenvalue weighted by Gasteiger charge is -2.15. The molecule has 0 radical (unpaired) electrons. The second-order valence-corrected chi connectivity index (χ2v) is 5.24. The van der Waals surface area contributed by atoms with Crippen LogP contribution in [0.15, 0.2) is 41.0 Å². The first-order valence-corrected chi connectivity index (χ1v) is 7.06. The minimum atomic E-state index is -0.463. The van der Waals surface area contributed by atoms with Crippen LogP contribution in [0.5, 0.6) is 11.6 Å². The summed E-state index contributed by atoms with van der Waals surface area (Å²) in [5.41, 5.74) is 0.839. The lowest BCUT2D eigenvalue weighted by Crippen LogP contribution is -2.13. The lowest BCUT2D eigenvalue weighted by molar-refractivity contribution is -0.384. The molecule has 6 nitrogen and oxygen atoms in total. The van der Waals surface area contributed by atoms with Crippen LogP contribution in [0.3, 0.4) is 0 Å². The topological polar surface area (TPSA) is 77.3 Å². The standard InChI is InChI=1S/C14H14BrN3O3/c1-9(16-2)11-4-3-7-17-14(11)21-13-8-10(18(19)20)5-6-12(13)15/h3-9,16H,1-2H3. The maximum Gasteiger partial charge on any atom is 0.273 e. The first-order valence-electron chi connectivity index (χ1n) is 6.27. The van der Waals surface area contributed by atoms with Gasteiger partial charge in [-0.15, -0.1) is 0 Å². The monoisotopic (exact) mass is 351 g/mol. The van der Waals surface area contributed by atoms with Crippen molar-refractivity contribution in [1.82, 2.24) is 10.3 Å². The van der Waals surface area contributed by atoms with E-state index in [1.165, 1.54) is 12.1 Å². The number of hydrogen-bond donors (Lipinski definition) is 1. The third-order valence-corrected chi connectivity index (χ3v) is 3.69. The molecule has 0 saturated heterocycles. The highest BCUT2D eigenvalue weighted by molar-refractivity contribution is 9.10. The molecule has 1 atom stereocenters. The van der Waals surface area contributed by atoms with Gasteiger partial charge in [0.05, 0.1) is 15.5 Å². The lowest BCUT2D eigenvalue weighted by atomic mass is 10.1. The second-order valence-electron chi connectivity index (χ2n) is 4.38. The summed E-state index contributed by atoms with van der Waals surface area (Å²) in [6.07, 6.45) is 1.62. The van der Waals surface area contributed by atoms with Gasteiger partial charge in [-0.1, -0.05) is 6.07 Å². The van der Waals surface area contributed by atoms with Crippen LogP contribution in [-0.2, 0) is 0 Å². The van der Waals surface area contributed by atoms with Gasteiger partial charge in [0, 0.05) is 23.9 Å². The molecule has 0 saturated carbocycles. The largest absolute Gasteiger partial charge is 0.437 e. The molecular weight excluding hydrogens is 338 g/mol. The molecule has 0 aliphatic heterocycles. The van der Waals surface area contributed by atoms with E-state index in [4.69, 9.17) is 4.74 Å². The van der Waals surface area contributed by atoms with Gasteiger partial charge in [-0.05, 0) is 42.0 Å². The number of nitro benzene ring substituents is 1. The first kappa shape index (κ1) is 15.4. The summed E-state index contributed by atoms with van der Waals surface area (Å²) in [4.78, 5) is 14.6. The fraction of sp³-hybridized carbons (Fsp3) is 0.214. The van der Waals surface area contributed by atoms with Gasteiger partial charge < -0.3 is 10.1 Å². The van der Waals surface area contributed by atoms with Crippen LogP contribution in [0.25, 0.3) is 0 Å². The number of nitro groups is 1. The average Bonchev–Trinajstić information content (AvgIpc) is 2.49. The smallest absolute Gasteiger partial charge is 0.273 e. The van der Waals surface area contributed by atoms with Crippen LogP contribution in [-0.4, -0.2) is 17.0 Å². The zero-order valence-electron chi connectivity index (χ0n) is 11.5. The van der Waals surface area contributed by atoms with Gasteiger partial charge in [-0.25, -0.2) is 4.98 Å². The predicted octanol–water partition coefficient (Wildman–Crippen LogP) is 3.83. The highest BCUT2D eigenvalue weighted by atomic mass is 79.9. The van der Waals surface area contributed by atoms with Gasteiger partial charge in [-0.2, -0.15) is 0 Å². The third-order valence-electron chi connectivity index (χ3n) is 3.03. The molecule has 1 N–H and O–H groups in total. The first-order chi connectivity index (χ1) is 10.0. The Kier molecular flexibility index (Phi) is 4.87. The summed E-state index contributed by atoms with van der Waals surface area (Å²) in [6, 6.07) is 8.12. The summed E-state index contributed by atoms with van der Waals surface area (Å²) in [5, 5.41) is 14.0. The molecule has 0 aliphatic carbocycles. The molecule has 2 rings (SSSR count). The van der Waals surface area contributed by atoms with Crippen molar-refractivity contribution in [3.8, 4) is 11.6 Å². The summed E-state index contributed by atoms with van der Waals surface area (Å²) in [6.45, 7) is 1.98. The minimum absolute atomic E-state index is 0.0349. The molecule has 7 heteroatoms. The van der Waals surface area contributed by atoms with Crippen LogP contribution in [0.2, 0.25) is 0 Å². The Morgan fingerprint density at radius 3 is 2.86 bits per heavy atom. The zero-order chi connectivity index (χ0) is 15.4. The van der Waals surface area contributed by atoms with Gasteiger partial charge >= 0.3 is 0 Å². The van der Waals surface area contributed by atoms with Crippen molar-refractivity contribution in [1.29, 1.82) is 0 Å². The maximum absolute atomic E-state index is 10.8. The molecule has 21 heavy (non-hydrogen) atoms. The molecule has 0 amide bonds. The summed E-state index contributed by atoms with van der Waals surface area (Å²) in [5.74, 6) is 0.771. The number of hydrogen-bond acceptors (Lipinski definition) is 5. The average molecular weight is 352 g/mol. The van der Waals surface area contributed by atoms with Gasteiger partial charge in [0.15, 0.2) is 5.75 Å². The minimum Gasteiger partial charge on any atom is -0.437 e. The molecule has 110 valence electrons. The molecule has 0 bridgehead atoms. The number of rotatable bonds is 5. The van der Waals surface area contributed by atoms with Crippen LogP contribution < -0.4 is 10.1 Å². The van der Waals surface area contributed by atoms with Gasteiger partial charge in [0.25, 0.3) is 5.69 Å². The van der Waals surface area contributed by atoms with E-state index in [-0.39, 0.29) is 11.7 Å². The van der Waals surface area contributed by atoms with E-state index in [1.54, 1.807) is 12.3 Å². The number of aromatic nitrogens is 1. The number of ether oxygens (including phenoxy) is 1. The number of halogens is 1. The summed E-state index contributed by atoms with van der Waals surface area (Å²) < 4.78 is 6.38. The van der Waals surface area contributed by atoms with Crippen molar-refractivity contribution >= 4 is 21.6 Å². The fourth-order valence-electron chi connectivity index (χ4n) is 1.76. The fourth-order valence-corrected chi connectivity index (χ4v) is 2.09. The van der Waals surface area contributed by atoms with Gasteiger partial charge in [0.2, 0.25) is 5.88 Å². The maximum atomic E-state index is 10.8. The summed E-state index contributed by atoms with van der Waals surface area (Å²) in [7, 11) is 1.84. The Morgan fingerprint density at radius 2 is 2.19 bits per heavy atom. The van der Waals surface area contributed by atoms with E-state index in [2.05, 4.69) is 26.2 Å². The van der Waals surface area contributed by atoms with E-state index in [9.17, 15) is 10.1 Å². The molecule has 1 unspecified atom stereocenters. The molecule has 1 aromatic heterocycles. The van der Waals surface area contributed by atoms with Crippen molar-refractivity contribution in [2.45, 2.75) is 13.0 Å². The van der Waals surface area contributed by atoms with E-state index < -0.39 is 4.92 Å². The summed E-state index contributed by atoms with van der Waals surface area (Å²) >= 11 is 3.32. The number of non-ortho nitro benzene ring substituents is 1. The van der Waals surface area contributed by atoms with Crippen molar-refractivity contribution in [3.63, 3.8) is 0 Å². The highest BCUT2D eigenvalue weighted by Gasteiger charge is 2.15.